The van der Waals surface area contributed by atoms with E-state index in [1.165, 1.54) is 18.3 Å². The van der Waals surface area contributed by atoms with E-state index in [0.717, 1.165) is 6.42 Å². The minimum absolute atomic E-state index is 0.0739. The van der Waals surface area contributed by atoms with Gasteiger partial charge >= 0.3 is 0 Å². The van der Waals surface area contributed by atoms with E-state index in [2.05, 4.69) is 93.7 Å². The molecular weight excluding hydrogens is 436 g/mol. The summed E-state index contributed by atoms with van der Waals surface area (Å²) < 4.78 is 2.49. The fraction of sp³-hybridized carbons (Fsp3) is 0.143. The average molecular weight is 449 g/mol. The van der Waals surface area contributed by atoms with Crippen molar-refractivity contribution in [3.05, 3.63) is 66.8 Å². The summed E-state index contributed by atoms with van der Waals surface area (Å²) in [6.45, 7) is 0. The van der Waals surface area contributed by atoms with Crippen LogP contribution in [0.25, 0.3) is 0 Å². The summed E-state index contributed by atoms with van der Waals surface area (Å²) in [6.07, 6.45) is 0.886. The Labute approximate surface area is 129 Å². The van der Waals surface area contributed by atoms with Gasteiger partial charge in [0, 0.05) is 13.2 Å². The SMILES string of the molecule is NC(Cc1ccc(I)cc1)c1cccc(I)c1. The minimum atomic E-state index is 0.0739. The highest BCUT2D eigenvalue weighted by Gasteiger charge is 2.07. The highest BCUT2D eigenvalue weighted by atomic mass is 127. The highest BCUT2D eigenvalue weighted by Crippen LogP contribution is 2.18. The molecule has 0 saturated carbocycles. The van der Waals surface area contributed by atoms with Crippen LogP contribution in [0.3, 0.4) is 0 Å². The third kappa shape index (κ3) is 3.93. The summed E-state index contributed by atoms with van der Waals surface area (Å²) in [7, 11) is 0. The number of halogens is 2. The zero-order valence-corrected chi connectivity index (χ0v) is 13.6. The fourth-order valence-electron chi connectivity index (χ4n) is 1.73. The summed E-state index contributed by atoms with van der Waals surface area (Å²) in [4.78, 5) is 0. The van der Waals surface area contributed by atoms with Crippen molar-refractivity contribution in [1.29, 1.82) is 0 Å². The molecule has 2 aromatic carbocycles. The lowest BCUT2D eigenvalue weighted by molar-refractivity contribution is 0.721. The quantitative estimate of drug-likeness (QED) is 0.701. The lowest BCUT2D eigenvalue weighted by Gasteiger charge is -2.12. The number of benzene rings is 2. The Kier molecular flexibility index (Phi) is 4.81. The van der Waals surface area contributed by atoms with Crippen molar-refractivity contribution in [2.75, 3.05) is 0 Å². The zero-order valence-electron chi connectivity index (χ0n) is 9.24. The zero-order chi connectivity index (χ0) is 12.3. The molecule has 0 aliphatic rings. The number of nitrogens with two attached hydrogens (primary N) is 1. The van der Waals surface area contributed by atoms with Gasteiger partial charge in [-0.05, 0) is 87.0 Å². The molecule has 0 amide bonds. The summed E-state index contributed by atoms with van der Waals surface area (Å²) in [6, 6.07) is 17.0. The normalized spacial score (nSPS) is 12.4. The van der Waals surface area contributed by atoms with E-state index in [-0.39, 0.29) is 6.04 Å². The molecular formula is C14H13I2N. The fourth-order valence-corrected chi connectivity index (χ4v) is 2.66. The van der Waals surface area contributed by atoms with Crippen molar-refractivity contribution >= 4 is 45.2 Å². The van der Waals surface area contributed by atoms with Crippen molar-refractivity contribution < 1.29 is 0 Å². The van der Waals surface area contributed by atoms with Crippen LogP contribution in [-0.4, -0.2) is 0 Å². The van der Waals surface area contributed by atoms with Gasteiger partial charge in [-0.2, -0.15) is 0 Å². The molecule has 2 aromatic rings. The van der Waals surface area contributed by atoms with Crippen LogP contribution < -0.4 is 5.73 Å². The van der Waals surface area contributed by atoms with E-state index in [1.54, 1.807) is 0 Å². The lowest BCUT2D eigenvalue weighted by atomic mass is 10.00. The van der Waals surface area contributed by atoms with Gasteiger partial charge in [-0.3, -0.25) is 0 Å². The summed E-state index contributed by atoms with van der Waals surface area (Å²) in [5, 5.41) is 0. The molecule has 0 radical (unpaired) electrons. The molecule has 0 aliphatic carbocycles. The Morgan fingerprint density at radius 3 is 2.29 bits per heavy atom. The summed E-state index contributed by atoms with van der Waals surface area (Å²) in [5.41, 5.74) is 8.72. The standard InChI is InChI=1S/C14H13I2N/c15-12-6-4-10(5-7-12)8-14(17)11-2-1-3-13(16)9-11/h1-7,9,14H,8,17H2. The average Bonchev–Trinajstić information content (AvgIpc) is 2.32. The number of hydrogen-bond acceptors (Lipinski definition) is 1. The molecule has 3 heteroatoms. The lowest BCUT2D eigenvalue weighted by Crippen LogP contribution is -2.13. The van der Waals surface area contributed by atoms with Crippen LogP contribution in [0, 0.1) is 7.14 Å². The monoisotopic (exact) mass is 449 g/mol. The predicted molar refractivity (Wildman–Crippen MR) is 89.0 cm³/mol. The molecule has 88 valence electrons. The largest absolute Gasteiger partial charge is 0.324 e. The smallest absolute Gasteiger partial charge is 0.0336 e. The van der Waals surface area contributed by atoms with Crippen LogP contribution in [0.15, 0.2) is 48.5 Å². The molecule has 0 bridgehead atoms. The molecule has 0 saturated heterocycles. The molecule has 0 aromatic heterocycles. The van der Waals surface area contributed by atoms with Gasteiger partial charge in [0.2, 0.25) is 0 Å². The van der Waals surface area contributed by atoms with Crippen molar-refractivity contribution in [2.24, 2.45) is 5.73 Å². The predicted octanol–water partition coefficient (Wildman–Crippen LogP) is 4.14. The maximum Gasteiger partial charge on any atom is 0.0336 e. The van der Waals surface area contributed by atoms with Crippen LogP contribution in [0.5, 0.6) is 0 Å². The van der Waals surface area contributed by atoms with Crippen LogP contribution in [0.4, 0.5) is 0 Å². The maximum atomic E-state index is 6.23. The minimum Gasteiger partial charge on any atom is -0.324 e. The second kappa shape index (κ2) is 6.15. The Morgan fingerprint density at radius 2 is 1.65 bits per heavy atom. The second-order valence-corrected chi connectivity index (χ2v) is 6.48. The van der Waals surface area contributed by atoms with Crippen LogP contribution in [-0.2, 0) is 6.42 Å². The van der Waals surface area contributed by atoms with Crippen LogP contribution in [0.2, 0.25) is 0 Å². The van der Waals surface area contributed by atoms with Gasteiger partial charge < -0.3 is 5.73 Å². The van der Waals surface area contributed by atoms with Crippen molar-refractivity contribution in [1.82, 2.24) is 0 Å². The van der Waals surface area contributed by atoms with Crippen molar-refractivity contribution in [2.45, 2.75) is 12.5 Å². The first-order chi connectivity index (χ1) is 8.15. The van der Waals surface area contributed by atoms with Gasteiger partial charge in [0.05, 0.1) is 0 Å². The summed E-state index contributed by atoms with van der Waals surface area (Å²) >= 11 is 4.63. The first-order valence-electron chi connectivity index (χ1n) is 5.40. The van der Waals surface area contributed by atoms with Gasteiger partial charge in [-0.1, -0.05) is 24.3 Å². The van der Waals surface area contributed by atoms with E-state index in [4.69, 9.17) is 5.73 Å². The molecule has 0 fully saturated rings. The Hall–Kier alpha value is -0.140. The molecule has 1 nitrogen and oxygen atoms in total. The number of hydrogen-bond donors (Lipinski definition) is 1. The highest BCUT2D eigenvalue weighted by molar-refractivity contribution is 14.1. The van der Waals surface area contributed by atoms with E-state index in [1.807, 2.05) is 0 Å². The van der Waals surface area contributed by atoms with Crippen molar-refractivity contribution in [3.8, 4) is 0 Å². The van der Waals surface area contributed by atoms with E-state index < -0.39 is 0 Å². The summed E-state index contributed by atoms with van der Waals surface area (Å²) in [5.74, 6) is 0. The molecule has 0 aliphatic heterocycles. The third-order valence-electron chi connectivity index (χ3n) is 2.65. The third-order valence-corrected chi connectivity index (χ3v) is 4.04. The van der Waals surface area contributed by atoms with E-state index in [0.29, 0.717) is 0 Å². The first kappa shape index (κ1) is 13.3. The Bertz CT molecular complexity index is 494. The second-order valence-electron chi connectivity index (χ2n) is 3.99. The first-order valence-corrected chi connectivity index (χ1v) is 7.56. The molecule has 1 atom stereocenters. The number of rotatable bonds is 3. The van der Waals surface area contributed by atoms with Gasteiger partial charge in [-0.25, -0.2) is 0 Å². The van der Waals surface area contributed by atoms with Gasteiger partial charge in [0.1, 0.15) is 0 Å². The topological polar surface area (TPSA) is 26.0 Å². The molecule has 17 heavy (non-hydrogen) atoms. The Balaban J connectivity index is 2.11. The molecule has 2 rings (SSSR count). The molecule has 0 heterocycles. The van der Waals surface area contributed by atoms with Gasteiger partial charge in [0.15, 0.2) is 0 Å². The molecule has 0 spiro atoms. The maximum absolute atomic E-state index is 6.23. The van der Waals surface area contributed by atoms with Crippen LogP contribution >= 0.6 is 45.2 Å². The van der Waals surface area contributed by atoms with Gasteiger partial charge in [0.25, 0.3) is 0 Å². The Morgan fingerprint density at radius 1 is 0.941 bits per heavy atom. The molecule has 2 N–H and O–H groups in total. The van der Waals surface area contributed by atoms with Crippen molar-refractivity contribution in [3.63, 3.8) is 0 Å². The van der Waals surface area contributed by atoms with Gasteiger partial charge in [-0.15, -0.1) is 0 Å². The van der Waals surface area contributed by atoms with E-state index >= 15 is 0 Å². The molecule has 1 unspecified atom stereocenters. The van der Waals surface area contributed by atoms with E-state index in [9.17, 15) is 0 Å². The van der Waals surface area contributed by atoms with Crippen LogP contribution in [0.1, 0.15) is 17.2 Å².